The first-order chi connectivity index (χ1) is 14.0. The average molecular weight is 407 g/mol. The summed E-state index contributed by atoms with van der Waals surface area (Å²) in [6.45, 7) is 5.06. The lowest BCUT2D eigenvalue weighted by atomic mass is 10.1. The molecule has 1 atom stereocenters. The molecule has 0 N–H and O–H groups in total. The molecule has 0 bridgehead atoms. The number of rotatable bonds is 6. The summed E-state index contributed by atoms with van der Waals surface area (Å²) in [6.07, 6.45) is 6.90. The molecule has 3 aromatic heterocycles. The fourth-order valence-corrected chi connectivity index (χ4v) is 3.67. The van der Waals surface area contributed by atoms with Crippen LogP contribution in [0, 0.1) is 5.92 Å². The molecule has 148 valence electrons. The van der Waals surface area contributed by atoms with Crippen molar-refractivity contribution in [2.75, 3.05) is 6.26 Å². The van der Waals surface area contributed by atoms with E-state index in [0.717, 1.165) is 33.8 Å². The molecular weight excluding hydrogens is 386 g/mol. The molecule has 4 aromatic rings. The van der Waals surface area contributed by atoms with Gasteiger partial charge in [-0.1, -0.05) is 31.1 Å². The van der Waals surface area contributed by atoms with Gasteiger partial charge in [0.05, 0.1) is 17.5 Å². The number of aromatic nitrogens is 5. The van der Waals surface area contributed by atoms with Crippen LogP contribution >= 0.6 is 0 Å². The summed E-state index contributed by atoms with van der Waals surface area (Å²) in [5.74, 6) is 1.27. The Labute approximate surface area is 171 Å². The minimum absolute atomic E-state index is 0.393. The van der Waals surface area contributed by atoms with Gasteiger partial charge in [-0.15, -0.1) is 0 Å². The van der Waals surface area contributed by atoms with E-state index in [0.29, 0.717) is 17.6 Å². The minimum atomic E-state index is -1.08. The number of pyridine rings is 1. The van der Waals surface area contributed by atoms with Crippen LogP contribution in [0.25, 0.3) is 34.1 Å². The third kappa shape index (κ3) is 4.02. The van der Waals surface area contributed by atoms with Crippen molar-refractivity contribution in [1.29, 1.82) is 0 Å². The number of hydrogen-bond donors (Lipinski definition) is 0. The maximum atomic E-state index is 11.8. The Balaban J connectivity index is 1.78. The molecule has 3 heterocycles. The zero-order chi connectivity index (χ0) is 20.4. The Morgan fingerprint density at radius 2 is 1.93 bits per heavy atom. The summed E-state index contributed by atoms with van der Waals surface area (Å²) in [7, 11) is -1.08. The lowest BCUT2D eigenvalue weighted by molar-refractivity contribution is 0.432. The van der Waals surface area contributed by atoms with E-state index in [4.69, 9.17) is 4.52 Å². The average Bonchev–Trinajstić information content (AvgIpc) is 3.35. The highest BCUT2D eigenvalue weighted by molar-refractivity contribution is 7.84. The zero-order valence-electron chi connectivity index (χ0n) is 16.4. The van der Waals surface area contributed by atoms with Gasteiger partial charge in [0, 0.05) is 52.0 Å². The van der Waals surface area contributed by atoms with Crippen molar-refractivity contribution in [1.82, 2.24) is 24.9 Å². The second-order valence-electron chi connectivity index (χ2n) is 7.12. The topological polar surface area (TPSA) is 86.7 Å². The first-order valence-corrected chi connectivity index (χ1v) is 10.8. The summed E-state index contributed by atoms with van der Waals surface area (Å²) >= 11 is 0. The van der Waals surface area contributed by atoms with E-state index in [2.05, 4.69) is 34.1 Å². The smallest absolute Gasteiger partial charge is 0.262 e. The van der Waals surface area contributed by atoms with Crippen molar-refractivity contribution in [3.8, 4) is 34.1 Å². The second-order valence-corrected chi connectivity index (χ2v) is 8.50. The lowest BCUT2D eigenvalue weighted by Gasteiger charge is -2.10. The highest BCUT2D eigenvalue weighted by Crippen LogP contribution is 2.32. The fraction of sp³-hybridized carbons (Fsp3) is 0.238. The van der Waals surface area contributed by atoms with E-state index in [9.17, 15) is 4.21 Å². The largest absolute Gasteiger partial charge is 0.333 e. The van der Waals surface area contributed by atoms with Gasteiger partial charge in [-0.3, -0.25) is 13.9 Å². The van der Waals surface area contributed by atoms with Crippen molar-refractivity contribution in [2.45, 2.75) is 25.3 Å². The van der Waals surface area contributed by atoms with Crippen LogP contribution in [-0.2, 0) is 17.3 Å². The Morgan fingerprint density at radius 3 is 2.66 bits per heavy atom. The Morgan fingerprint density at radius 1 is 1.14 bits per heavy atom. The van der Waals surface area contributed by atoms with E-state index >= 15 is 0 Å². The van der Waals surface area contributed by atoms with Crippen molar-refractivity contribution in [3.63, 3.8) is 0 Å². The van der Waals surface area contributed by atoms with Crippen LogP contribution in [0.4, 0.5) is 0 Å². The predicted molar refractivity (Wildman–Crippen MR) is 111 cm³/mol. The quantitative estimate of drug-likeness (QED) is 0.479. The van der Waals surface area contributed by atoms with Gasteiger partial charge in [0.15, 0.2) is 0 Å². The van der Waals surface area contributed by atoms with Gasteiger partial charge in [-0.25, -0.2) is 0 Å². The molecule has 0 radical (unpaired) electrons. The van der Waals surface area contributed by atoms with E-state index in [1.165, 1.54) is 0 Å². The Hall–Kier alpha value is -3.13. The molecular formula is C21H21N5O2S. The minimum Gasteiger partial charge on any atom is -0.333 e. The zero-order valence-corrected chi connectivity index (χ0v) is 17.3. The normalized spacial score (nSPS) is 12.4. The molecule has 0 aliphatic heterocycles. The standard InChI is InChI=1S/C21H21N5O2S/c1-14(2)13-26-19(15-7-9-22-10-8-15)18(12-23-26)21-24-20(25-28-21)16-5-4-6-17(11-16)29(3)27/h4-12,14H,13H2,1-3H3. The predicted octanol–water partition coefficient (Wildman–Crippen LogP) is 4.06. The lowest BCUT2D eigenvalue weighted by Crippen LogP contribution is -2.07. The second kappa shape index (κ2) is 8.08. The first kappa shape index (κ1) is 19.2. The molecule has 0 amide bonds. The van der Waals surface area contributed by atoms with E-state index in [1.54, 1.807) is 24.8 Å². The summed E-state index contributed by atoms with van der Waals surface area (Å²) in [5, 5.41) is 8.69. The maximum Gasteiger partial charge on any atom is 0.262 e. The Kier molecular flexibility index (Phi) is 5.35. The van der Waals surface area contributed by atoms with Crippen LogP contribution in [0.2, 0.25) is 0 Å². The van der Waals surface area contributed by atoms with Crippen molar-refractivity contribution in [3.05, 3.63) is 55.0 Å². The maximum absolute atomic E-state index is 11.8. The van der Waals surface area contributed by atoms with Crippen LogP contribution in [-0.4, -0.2) is 35.4 Å². The van der Waals surface area contributed by atoms with Gasteiger partial charge < -0.3 is 4.52 Å². The van der Waals surface area contributed by atoms with Crippen LogP contribution in [0.3, 0.4) is 0 Å². The van der Waals surface area contributed by atoms with E-state index in [-0.39, 0.29) is 0 Å². The van der Waals surface area contributed by atoms with E-state index in [1.807, 2.05) is 41.1 Å². The van der Waals surface area contributed by atoms with Gasteiger partial charge >= 0.3 is 0 Å². The van der Waals surface area contributed by atoms with Gasteiger partial charge in [-0.05, 0) is 30.2 Å². The third-order valence-electron chi connectivity index (χ3n) is 4.41. The molecule has 4 rings (SSSR count). The molecule has 7 nitrogen and oxygen atoms in total. The summed E-state index contributed by atoms with van der Waals surface area (Å²) in [6, 6.07) is 11.2. The number of hydrogen-bond acceptors (Lipinski definition) is 6. The van der Waals surface area contributed by atoms with Crippen molar-refractivity contribution >= 4 is 10.8 Å². The van der Waals surface area contributed by atoms with Gasteiger partial charge in [0.1, 0.15) is 0 Å². The molecule has 0 spiro atoms. The van der Waals surface area contributed by atoms with Crippen LogP contribution in [0.1, 0.15) is 13.8 Å². The molecule has 1 unspecified atom stereocenters. The summed E-state index contributed by atoms with van der Waals surface area (Å²) in [4.78, 5) is 9.41. The summed E-state index contributed by atoms with van der Waals surface area (Å²) < 4.78 is 19.3. The monoisotopic (exact) mass is 407 g/mol. The third-order valence-corrected chi connectivity index (χ3v) is 5.33. The first-order valence-electron chi connectivity index (χ1n) is 9.27. The SMILES string of the molecule is CC(C)Cn1ncc(-c2nc(-c3cccc(S(C)=O)c3)no2)c1-c1ccncc1. The molecule has 0 saturated carbocycles. The molecule has 0 saturated heterocycles. The van der Waals surface area contributed by atoms with E-state index < -0.39 is 10.8 Å². The molecule has 0 aliphatic rings. The molecule has 29 heavy (non-hydrogen) atoms. The molecule has 0 fully saturated rings. The van der Waals surface area contributed by atoms with Gasteiger partial charge in [0.25, 0.3) is 5.89 Å². The van der Waals surface area contributed by atoms with Crippen LogP contribution in [0.5, 0.6) is 0 Å². The molecule has 0 aliphatic carbocycles. The van der Waals surface area contributed by atoms with Crippen molar-refractivity contribution in [2.24, 2.45) is 5.92 Å². The summed E-state index contributed by atoms with van der Waals surface area (Å²) in [5.41, 5.74) is 3.43. The highest BCUT2D eigenvalue weighted by Gasteiger charge is 2.21. The molecule has 8 heteroatoms. The van der Waals surface area contributed by atoms with Gasteiger partial charge in [0.2, 0.25) is 5.82 Å². The molecule has 1 aromatic carbocycles. The highest BCUT2D eigenvalue weighted by atomic mass is 32.2. The van der Waals surface area contributed by atoms with Crippen LogP contribution in [0.15, 0.2) is 64.4 Å². The van der Waals surface area contributed by atoms with Gasteiger partial charge in [-0.2, -0.15) is 10.1 Å². The number of benzene rings is 1. The Bertz CT molecular complexity index is 1150. The van der Waals surface area contributed by atoms with Crippen molar-refractivity contribution < 1.29 is 8.73 Å². The number of nitrogens with zero attached hydrogens (tertiary/aromatic N) is 5. The fourth-order valence-electron chi connectivity index (χ4n) is 3.10. The van der Waals surface area contributed by atoms with Crippen LogP contribution < -0.4 is 0 Å².